The summed E-state index contributed by atoms with van der Waals surface area (Å²) in [5.41, 5.74) is 0. The molecule has 0 rings (SSSR count). The van der Waals surface area contributed by atoms with Gasteiger partial charge in [-0.15, -0.1) is 6.58 Å². The summed E-state index contributed by atoms with van der Waals surface area (Å²) in [6.07, 6.45) is 1.12. The summed E-state index contributed by atoms with van der Waals surface area (Å²) >= 11 is 0. The Hall–Kier alpha value is -0.350. The standard InChI is InChI=1S/C3H6O3S.C/c1-2-3-7(4,5)6;/h2H,1,3H2,(H,4,5,6);. The van der Waals surface area contributed by atoms with Gasteiger partial charge in [-0.25, -0.2) is 0 Å². The lowest BCUT2D eigenvalue weighted by Gasteiger charge is -1.82. The smallest absolute Gasteiger partial charge is 0.268 e. The second-order valence-corrected chi connectivity index (χ2v) is 2.53. The molecule has 1 N–H and O–H groups in total. The third kappa shape index (κ3) is 9.17. The van der Waals surface area contributed by atoms with Crippen LogP contribution in [-0.2, 0) is 10.1 Å². The Morgan fingerprint density at radius 3 is 2.00 bits per heavy atom. The second-order valence-electron chi connectivity index (χ2n) is 1.04. The van der Waals surface area contributed by atoms with Gasteiger partial charge in [0, 0.05) is 7.43 Å². The highest BCUT2D eigenvalue weighted by atomic mass is 32.2. The largest absolute Gasteiger partial charge is 0.285 e. The van der Waals surface area contributed by atoms with Crippen molar-refractivity contribution in [1.29, 1.82) is 0 Å². The van der Waals surface area contributed by atoms with Crippen LogP contribution in [0.25, 0.3) is 0 Å². The Kier molecular flexibility index (Phi) is 4.81. The van der Waals surface area contributed by atoms with Crippen LogP contribution in [0.2, 0.25) is 0 Å². The summed E-state index contributed by atoms with van der Waals surface area (Å²) in [5, 5.41) is 0. The average molecular weight is 134 g/mol. The van der Waals surface area contributed by atoms with Crippen molar-refractivity contribution in [1.82, 2.24) is 0 Å². The van der Waals surface area contributed by atoms with Crippen molar-refractivity contribution in [2.75, 3.05) is 5.75 Å². The van der Waals surface area contributed by atoms with Gasteiger partial charge < -0.3 is 0 Å². The van der Waals surface area contributed by atoms with Crippen molar-refractivity contribution >= 4 is 10.1 Å². The van der Waals surface area contributed by atoms with Crippen LogP contribution < -0.4 is 0 Å². The zero-order chi connectivity index (χ0) is 5.91. The molecule has 4 radical (unpaired) electrons. The molecule has 0 aliphatic heterocycles. The zero-order valence-corrected chi connectivity index (χ0v) is 4.98. The van der Waals surface area contributed by atoms with E-state index in [1.54, 1.807) is 0 Å². The van der Waals surface area contributed by atoms with Crippen LogP contribution in [0.5, 0.6) is 0 Å². The van der Waals surface area contributed by atoms with Crippen LogP contribution in [0.3, 0.4) is 0 Å². The summed E-state index contributed by atoms with van der Waals surface area (Å²) in [4.78, 5) is 0. The molecular formula is C4H6O3S. The lowest BCUT2D eigenvalue weighted by Crippen LogP contribution is -1.99. The molecule has 0 saturated carbocycles. The molecule has 0 aromatic heterocycles. The molecule has 0 aliphatic carbocycles. The molecule has 0 aromatic carbocycles. The fourth-order valence-electron chi connectivity index (χ4n) is 0.149. The van der Waals surface area contributed by atoms with Crippen molar-refractivity contribution in [3.05, 3.63) is 20.1 Å². The van der Waals surface area contributed by atoms with E-state index in [0.29, 0.717) is 0 Å². The molecule has 0 fully saturated rings. The lowest BCUT2D eigenvalue weighted by atomic mass is 10.8. The van der Waals surface area contributed by atoms with E-state index in [9.17, 15) is 8.42 Å². The van der Waals surface area contributed by atoms with Crippen molar-refractivity contribution in [3.8, 4) is 0 Å². The minimum absolute atomic E-state index is 0. The fourth-order valence-corrected chi connectivity index (χ4v) is 0.447. The van der Waals surface area contributed by atoms with Gasteiger partial charge in [0.05, 0.1) is 5.75 Å². The summed E-state index contributed by atoms with van der Waals surface area (Å²) < 4.78 is 27.3. The Labute approximate surface area is 49.8 Å². The summed E-state index contributed by atoms with van der Waals surface area (Å²) in [6.45, 7) is 3.11. The first-order valence-corrected chi connectivity index (χ1v) is 3.23. The van der Waals surface area contributed by atoms with Crippen molar-refractivity contribution in [2.45, 2.75) is 0 Å². The van der Waals surface area contributed by atoms with E-state index >= 15 is 0 Å². The molecule has 4 heteroatoms. The van der Waals surface area contributed by atoms with Gasteiger partial charge in [-0.3, -0.25) is 4.55 Å². The van der Waals surface area contributed by atoms with Crippen LogP contribution in [0.15, 0.2) is 12.7 Å². The first-order valence-electron chi connectivity index (χ1n) is 1.62. The first kappa shape index (κ1) is 10.6. The predicted octanol–water partition coefficient (Wildman–Crippen LogP) is 0.141. The topological polar surface area (TPSA) is 54.4 Å². The maximum absolute atomic E-state index is 9.72. The van der Waals surface area contributed by atoms with E-state index < -0.39 is 10.1 Å². The van der Waals surface area contributed by atoms with E-state index in [2.05, 4.69) is 6.58 Å². The van der Waals surface area contributed by atoms with Crippen molar-refractivity contribution in [2.24, 2.45) is 0 Å². The molecule has 0 unspecified atom stereocenters. The van der Waals surface area contributed by atoms with Crippen LogP contribution >= 0.6 is 0 Å². The van der Waals surface area contributed by atoms with Gasteiger partial charge in [0.2, 0.25) is 0 Å². The number of rotatable bonds is 2. The van der Waals surface area contributed by atoms with Gasteiger partial charge in [0.25, 0.3) is 10.1 Å². The van der Waals surface area contributed by atoms with E-state index in [1.807, 2.05) is 0 Å². The van der Waals surface area contributed by atoms with Crippen LogP contribution in [-0.4, -0.2) is 18.7 Å². The average Bonchev–Trinajstić information content (AvgIpc) is 1.30. The molecule has 0 spiro atoms. The van der Waals surface area contributed by atoms with Crippen molar-refractivity contribution < 1.29 is 13.0 Å². The summed E-state index contributed by atoms with van der Waals surface area (Å²) in [7, 11) is -3.79. The Morgan fingerprint density at radius 1 is 1.62 bits per heavy atom. The molecule has 46 valence electrons. The van der Waals surface area contributed by atoms with Gasteiger partial charge in [-0.1, -0.05) is 6.08 Å². The monoisotopic (exact) mass is 134 g/mol. The van der Waals surface area contributed by atoms with E-state index in [0.717, 1.165) is 6.08 Å². The molecule has 3 nitrogen and oxygen atoms in total. The molecule has 0 saturated heterocycles. The maximum Gasteiger partial charge on any atom is 0.268 e. The zero-order valence-electron chi connectivity index (χ0n) is 4.16. The highest BCUT2D eigenvalue weighted by Crippen LogP contribution is 1.78. The minimum atomic E-state index is -3.79. The van der Waals surface area contributed by atoms with Gasteiger partial charge in [0.1, 0.15) is 0 Å². The van der Waals surface area contributed by atoms with Gasteiger partial charge in [-0.05, 0) is 0 Å². The molecule has 8 heavy (non-hydrogen) atoms. The molecular weight excluding hydrogens is 128 g/mol. The summed E-state index contributed by atoms with van der Waals surface area (Å²) in [5.74, 6) is -0.368. The fraction of sp³-hybridized carbons (Fsp3) is 0.250. The first-order chi connectivity index (χ1) is 3.06. The molecule has 0 amide bonds. The molecule has 0 aromatic rings. The Morgan fingerprint density at radius 2 is 2.00 bits per heavy atom. The van der Waals surface area contributed by atoms with Gasteiger partial charge in [0.15, 0.2) is 0 Å². The third-order valence-electron chi connectivity index (χ3n) is 0.328. The SMILES string of the molecule is C=CCS(=O)(=O)O.[C]. The minimum Gasteiger partial charge on any atom is -0.285 e. The van der Waals surface area contributed by atoms with Crippen molar-refractivity contribution in [3.63, 3.8) is 0 Å². The normalized spacial score (nSPS) is 9.62. The van der Waals surface area contributed by atoms with E-state index in [-0.39, 0.29) is 13.2 Å². The van der Waals surface area contributed by atoms with Gasteiger partial charge >= 0.3 is 0 Å². The highest BCUT2D eigenvalue weighted by Gasteiger charge is 1.95. The van der Waals surface area contributed by atoms with E-state index in [4.69, 9.17) is 4.55 Å². The van der Waals surface area contributed by atoms with Crippen LogP contribution in [0, 0.1) is 7.43 Å². The Bertz CT molecular complexity index is 145. The number of hydrogen-bond acceptors (Lipinski definition) is 2. The molecule has 0 atom stereocenters. The molecule has 0 aliphatic rings. The van der Waals surface area contributed by atoms with Gasteiger partial charge in [-0.2, -0.15) is 8.42 Å². The van der Waals surface area contributed by atoms with Crippen LogP contribution in [0.4, 0.5) is 0 Å². The second kappa shape index (κ2) is 3.63. The van der Waals surface area contributed by atoms with E-state index in [1.165, 1.54) is 0 Å². The Balaban J connectivity index is 0. The quantitative estimate of drug-likeness (QED) is 0.431. The summed E-state index contributed by atoms with van der Waals surface area (Å²) in [6, 6.07) is 0. The molecule has 0 heterocycles. The van der Waals surface area contributed by atoms with Crippen LogP contribution in [0.1, 0.15) is 0 Å². The molecule has 0 bridgehead atoms. The highest BCUT2D eigenvalue weighted by molar-refractivity contribution is 7.85. The lowest BCUT2D eigenvalue weighted by molar-refractivity contribution is 0.487. The maximum atomic E-state index is 9.72. The third-order valence-corrected chi connectivity index (χ3v) is 0.985. The predicted molar refractivity (Wildman–Crippen MR) is 29.9 cm³/mol. The number of hydrogen-bond donors (Lipinski definition) is 1.